The molecule has 1 atom stereocenters. The van der Waals surface area contributed by atoms with Crippen LogP contribution in [-0.4, -0.2) is 0 Å². The van der Waals surface area contributed by atoms with Gasteiger partial charge in [0.05, 0.1) is 16.8 Å². The first-order valence-electron chi connectivity index (χ1n) is 13.3. The van der Waals surface area contributed by atoms with E-state index < -0.39 is 8.16 Å². The number of rotatable bonds is 2. The molecule has 0 aliphatic carbocycles. The molecule has 192 valence electrons. The summed E-state index contributed by atoms with van der Waals surface area (Å²) in [5, 5.41) is 7.36. The van der Waals surface area contributed by atoms with Crippen LogP contribution < -0.4 is 4.67 Å². The molecule has 0 N–H and O–H groups in total. The van der Waals surface area contributed by atoms with Crippen LogP contribution in [0.5, 0.6) is 0 Å². The lowest BCUT2D eigenvalue weighted by Gasteiger charge is -2.33. The molecule has 1 aromatic heterocycles. The van der Waals surface area contributed by atoms with Crippen molar-refractivity contribution in [3.8, 4) is 0 Å². The number of anilines is 1. The van der Waals surface area contributed by atoms with Gasteiger partial charge in [0.25, 0.3) is 0 Å². The quantitative estimate of drug-likeness (QED) is 0.212. The molecule has 0 unspecified atom stereocenters. The van der Waals surface area contributed by atoms with E-state index >= 15 is 0 Å². The highest BCUT2D eigenvalue weighted by Gasteiger charge is 2.31. The molecular formula is C35H23ClNO2P. The molecule has 3 nitrogen and oxygen atoms in total. The lowest BCUT2D eigenvalue weighted by atomic mass is 9.99. The number of fused-ring (bicyclic) bond motifs is 8. The van der Waals surface area contributed by atoms with Crippen LogP contribution in [0.4, 0.5) is 5.69 Å². The van der Waals surface area contributed by atoms with Crippen molar-refractivity contribution in [1.82, 2.24) is 0 Å². The second-order valence-electron chi connectivity index (χ2n) is 9.98. The lowest BCUT2D eigenvalue weighted by Crippen LogP contribution is -2.22. The first-order chi connectivity index (χ1) is 19.8. The second kappa shape index (κ2) is 9.34. The van der Waals surface area contributed by atoms with E-state index in [2.05, 4.69) is 120 Å². The average Bonchev–Trinajstić information content (AvgIpc) is 3.18. The molecular weight excluding hydrogens is 533 g/mol. The Kier molecular flexibility index (Phi) is 5.48. The Morgan fingerprint density at radius 3 is 1.85 bits per heavy atom. The largest absolute Gasteiger partial charge is 0.404 e. The molecule has 0 saturated heterocycles. The van der Waals surface area contributed by atoms with E-state index in [-0.39, 0.29) is 6.04 Å². The van der Waals surface area contributed by atoms with Crippen LogP contribution in [0.25, 0.3) is 49.6 Å². The van der Waals surface area contributed by atoms with Crippen molar-refractivity contribution in [3.05, 3.63) is 144 Å². The van der Waals surface area contributed by atoms with Crippen LogP contribution in [0.2, 0.25) is 5.02 Å². The molecule has 0 bridgehead atoms. The highest BCUT2D eigenvalue weighted by atomic mass is 35.5. The number of halogens is 1. The van der Waals surface area contributed by atoms with Crippen LogP contribution in [-0.2, 0) is 0 Å². The first-order valence-corrected chi connectivity index (χ1v) is 14.8. The zero-order valence-corrected chi connectivity index (χ0v) is 23.0. The van der Waals surface area contributed by atoms with E-state index in [1.165, 1.54) is 0 Å². The third kappa shape index (κ3) is 3.67. The minimum Gasteiger partial charge on any atom is -0.404 e. The van der Waals surface area contributed by atoms with Gasteiger partial charge < -0.3 is 8.39 Å². The summed E-state index contributed by atoms with van der Waals surface area (Å²) in [6.45, 7) is 0. The molecule has 8 rings (SSSR count). The Bertz CT molecular complexity index is 2050. The van der Waals surface area contributed by atoms with Gasteiger partial charge in [0.1, 0.15) is 11.2 Å². The normalized spacial score (nSPS) is 14.7. The maximum absolute atomic E-state index is 6.98. The maximum Gasteiger partial charge on any atom is 0.342 e. The van der Waals surface area contributed by atoms with Crippen LogP contribution in [0, 0.1) is 0 Å². The summed E-state index contributed by atoms with van der Waals surface area (Å²) < 4.78 is 16.2. The number of hydrogen-bond acceptors (Lipinski definition) is 3. The molecule has 1 aliphatic rings. The van der Waals surface area contributed by atoms with E-state index in [9.17, 15) is 0 Å². The Labute approximate surface area is 237 Å². The van der Waals surface area contributed by atoms with Crippen LogP contribution in [0.3, 0.4) is 0 Å². The standard InChI is InChI=1S/C35H23ClNO2P/c36-29-16-8-13-26-17-20-30(25-11-2-1-3-12-25)37(35(26)29)40-38-31-21-18-23-9-4-6-14-27(23)33(31)34-28-15-7-5-10-24(28)19-22-32(34)39-40/h1-22,30H/t30-/m1/s1. The van der Waals surface area contributed by atoms with Crippen molar-refractivity contribution >= 4 is 75.0 Å². The summed E-state index contributed by atoms with van der Waals surface area (Å²) in [4.78, 5) is 0. The number of nitrogens with zero attached hydrogens (tertiary/aromatic N) is 1. The zero-order valence-electron chi connectivity index (χ0n) is 21.4. The lowest BCUT2D eigenvalue weighted by molar-refractivity contribution is 0.626. The van der Waals surface area contributed by atoms with Gasteiger partial charge in [-0.2, -0.15) is 0 Å². The molecule has 0 radical (unpaired) electrons. The van der Waals surface area contributed by atoms with Crippen molar-refractivity contribution in [2.45, 2.75) is 6.04 Å². The summed E-state index contributed by atoms with van der Waals surface area (Å²) in [6, 6.07) is 41.7. The van der Waals surface area contributed by atoms with E-state index in [0.717, 1.165) is 60.3 Å². The number of hydrogen-bond donors (Lipinski definition) is 0. The van der Waals surface area contributed by atoms with Gasteiger partial charge in [-0.05, 0) is 50.9 Å². The first kappa shape index (κ1) is 23.5. The van der Waals surface area contributed by atoms with Gasteiger partial charge in [0, 0.05) is 10.8 Å². The molecule has 2 heterocycles. The fourth-order valence-electron chi connectivity index (χ4n) is 5.86. The predicted octanol–water partition coefficient (Wildman–Crippen LogP) is 11.3. The van der Waals surface area contributed by atoms with E-state index in [4.69, 9.17) is 20.0 Å². The topological polar surface area (TPSA) is 29.5 Å². The van der Waals surface area contributed by atoms with Gasteiger partial charge in [-0.15, -0.1) is 0 Å². The molecule has 7 aromatic rings. The van der Waals surface area contributed by atoms with Gasteiger partial charge in [0.15, 0.2) is 0 Å². The highest BCUT2D eigenvalue weighted by Crippen LogP contribution is 2.52. The molecule has 40 heavy (non-hydrogen) atoms. The van der Waals surface area contributed by atoms with Gasteiger partial charge in [-0.25, -0.2) is 0 Å². The molecule has 0 fully saturated rings. The number of benzene rings is 6. The fraction of sp³-hybridized carbons (Fsp3) is 0.0286. The van der Waals surface area contributed by atoms with Crippen molar-refractivity contribution in [3.63, 3.8) is 0 Å². The minimum atomic E-state index is -1.67. The fourth-order valence-corrected chi connectivity index (χ4v) is 7.84. The third-order valence-corrected chi connectivity index (χ3v) is 9.48. The molecule has 6 aromatic carbocycles. The molecule has 0 spiro atoms. The number of para-hydroxylation sites is 1. The molecule has 5 heteroatoms. The summed E-state index contributed by atoms with van der Waals surface area (Å²) >= 11 is 6.93. The van der Waals surface area contributed by atoms with Gasteiger partial charge in [-0.3, -0.25) is 4.67 Å². The van der Waals surface area contributed by atoms with Crippen LogP contribution >= 0.6 is 19.8 Å². The Morgan fingerprint density at radius 2 is 1.20 bits per heavy atom. The van der Waals surface area contributed by atoms with E-state index in [1.807, 2.05) is 18.2 Å². The van der Waals surface area contributed by atoms with Gasteiger partial charge in [0.2, 0.25) is 0 Å². The van der Waals surface area contributed by atoms with Gasteiger partial charge in [-0.1, -0.05) is 127 Å². The Hall–Kier alpha value is -4.43. The third-order valence-electron chi connectivity index (χ3n) is 7.67. The van der Waals surface area contributed by atoms with Crippen molar-refractivity contribution < 1.29 is 8.39 Å². The Balaban J connectivity index is 1.54. The van der Waals surface area contributed by atoms with Crippen LogP contribution in [0.1, 0.15) is 17.2 Å². The monoisotopic (exact) mass is 555 g/mol. The second-order valence-corrected chi connectivity index (χ2v) is 11.7. The summed E-state index contributed by atoms with van der Waals surface area (Å²) in [7, 11) is -1.67. The summed E-state index contributed by atoms with van der Waals surface area (Å²) in [5.41, 5.74) is 4.69. The van der Waals surface area contributed by atoms with E-state index in [1.54, 1.807) is 0 Å². The Morgan fingerprint density at radius 1 is 0.600 bits per heavy atom. The molecule has 1 aliphatic heterocycles. The average molecular weight is 556 g/mol. The smallest absolute Gasteiger partial charge is 0.342 e. The molecule has 0 amide bonds. The SMILES string of the molecule is Clc1cccc2c1N(p1oc3ccc4ccccc4c3c3c(ccc4ccccc43)o1)[C@@H](c1ccccc1)C=C2. The van der Waals surface area contributed by atoms with Gasteiger partial charge >= 0.3 is 8.16 Å². The van der Waals surface area contributed by atoms with Crippen molar-refractivity contribution in [1.29, 1.82) is 0 Å². The summed E-state index contributed by atoms with van der Waals surface area (Å²) in [5.74, 6) is 0. The summed E-state index contributed by atoms with van der Waals surface area (Å²) in [6.07, 6.45) is 4.35. The highest BCUT2D eigenvalue weighted by molar-refractivity contribution is 7.39. The molecule has 0 saturated carbocycles. The van der Waals surface area contributed by atoms with Crippen molar-refractivity contribution in [2.75, 3.05) is 4.67 Å². The minimum absolute atomic E-state index is 0.120. The maximum atomic E-state index is 6.98. The van der Waals surface area contributed by atoms with E-state index in [0.29, 0.717) is 5.02 Å². The van der Waals surface area contributed by atoms with Crippen LogP contribution in [0.15, 0.2) is 136 Å². The predicted molar refractivity (Wildman–Crippen MR) is 169 cm³/mol. The zero-order chi connectivity index (χ0) is 26.6. The van der Waals surface area contributed by atoms with Crippen molar-refractivity contribution in [2.24, 2.45) is 0 Å².